The molecular formula is C32H64O4Sn. The fourth-order valence-electron chi connectivity index (χ4n) is 5.21. The summed E-state index contributed by atoms with van der Waals surface area (Å²) in [4.78, 5) is 24.7. The van der Waals surface area contributed by atoms with Crippen LogP contribution >= 0.6 is 0 Å². The standard InChI is InChI=1S/2C12H23O2.2C4H9.Sn/c2*1-3-5-6-7-8-9-10-11-12(13)14-4-2;2*1-3-4-2;/h2*2-11H2,1H3;2*1,3-4H2,2H3;. The van der Waals surface area contributed by atoms with E-state index < -0.39 is 18.4 Å². The van der Waals surface area contributed by atoms with Crippen molar-refractivity contribution < 1.29 is 19.1 Å². The minimum Gasteiger partial charge on any atom is -0.0654 e. The molecule has 0 aromatic heterocycles. The minimum absolute atomic E-state index is 0.0131. The van der Waals surface area contributed by atoms with Gasteiger partial charge in [-0.15, -0.1) is 0 Å². The number of esters is 2. The molecule has 0 radical (unpaired) electrons. The van der Waals surface area contributed by atoms with E-state index >= 15 is 0 Å². The van der Waals surface area contributed by atoms with Gasteiger partial charge >= 0.3 is 223 Å². The maximum atomic E-state index is 12.3. The van der Waals surface area contributed by atoms with Crippen molar-refractivity contribution in [1.29, 1.82) is 0 Å². The SMILES string of the molecule is CCCCCCCCCC(=O)OC[CH2][Sn]([CH2]CCC)([CH2]CCC)[CH2]COC(=O)CCCCCCCCC. The Morgan fingerprint density at radius 3 is 1.11 bits per heavy atom. The molecule has 0 bridgehead atoms. The zero-order valence-corrected chi connectivity index (χ0v) is 28.4. The van der Waals surface area contributed by atoms with E-state index in [2.05, 4.69) is 27.7 Å². The summed E-state index contributed by atoms with van der Waals surface area (Å²) in [6.07, 6.45) is 23.2. The summed E-state index contributed by atoms with van der Waals surface area (Å²) < 4.78 is 16.3. The molecule has 0 saturated carbocycles. The van der Waals surface area contributed by atoms with Crippen molar-refractivity contribution in [3.63, 3.8) is 0 Å². The predicted octanol–water partition coefficient (Wildman–Crippen LogP) is 10.4. The van der Waals surface area contributed by atoms with E-state index in [4.69, 9.17) is 9.47 Å². The Hall–Kier alpha value is -0.261. The van der Waals surface area contributed by atoms with Gasteiger partial charge in [-0.1, -0.05) is 13.8 Å². The molecule has 37 heavy (non-hydrogen) atoms. The van der Waals surface area contributed by atoms with Crippen molar-refractivity contribution >= 4 is 30.3 Å². The van der Waals surface area contributed by atoms with Crippen molar-refractivity contribution in [2.24, 2.45) is 0 Å². The maximum absolute atomic E-state index is 12.3. The summed E-state index contributed by atoms with van der Waals surface area (Å²) in [5.41, 5.74) is 0. The van der Waals surface area contributed by atoms with Gasteiger partial charge in [0.1, 0.15) is 0 Å². The second-order valence-corrected chi connectivity index (χ2v) is 25.7. The first kappa shape index (κ1) is 36.7. The average Bonchev–Trinajstić information content (AvgIpc) is 2.89. The fraction of sp³-hybridized carbons (Fsp3) is 0.938. The second-order valence-electron chi connectivity index (χ2n) is 11.4. The molecule has 5 heteroatoms. The van der Waals surface area contributed by atoms with Crippen LogP contribution in [-0.2, 0) is 19.1 Å². The number of carbonyl (C=O) groups excluding carboxylic acids is 2. The fourth-order valence-corrected chi connectivity index (χ4v) is 18.8. The Bertz CT molecular complexity index is 477. The molecule has 0 unspecified atom stereocenters. The summed E-state index contributed by atoms with van der Waals surface area (Å²) in [6, 6.07) is 0. The Kier molecular flexibility index (Phi) is 27.1. The monoisotopic (exact) mass is 632 g/mol. The summed E-state index contributed by atoms with van der Waals surface area (Å²) in [5.74, 6) is -0.0262. The van der Waals surface area contributed by atoms with E-state index in [-0.39, 0.29) is 11.9 Å². The molecule has 0 fully saturated rings. The van der Waals surface area contributed by atoms with Crippen molar-refractivity contribution in [3.05, 3.63) is 0 Å². The van der Waals surface area contributed by atoms with E-state index in [0.717, 1.165) is 34.6 Å². The predicted molar refractivity (Wildman–Crippen MR) is 162 cm³/mol. The Labute approximate surface area is 235 Å². The molecule has 220 valence electrons. The zero-order chi connectivity index (χ0) is 27.5. The molecule has 0 aliphatic heterocycles. The van der Waals surface area contributed by atoms with Gasteiger partial charge in [0.15, 0.2) is 0 Å². The van der Waals surface area contributed by atoms with Gasteiger partial charge in [0, 0.05) is 0 Å². The Morgan fingerprint density at radius 1 is 0.432 bits per heavy atom. The summed E-state index contributed by atoms with van der Waals surface area (Å²) in [7, 11) is 0. The molecule has 0 aromatic rings. The van der Waals surface area contributed by atoms with Crippen molar-refractivity contribution in [3.8, 4) is 0 Å². The van der Waals surface area contributed by atoms with Crippen LogP contribution in [0.2, 0.25) is 17.7 Å². The van der Waals surface area contributed by atoms with Crippen LogP contribution in [0.1, 0.15) is 156 Å². The molecule has 0 spiro atoms. The van der Waals surface area contributed by atoms with Crippen molar-refractivity contribution in [1.82, 2.24) is 0 Å². The van der Waals surface area contributed by atoms with Crippen LogP contribution in [0, 0.1) is 0 Å². The first-order chi connectivity index (χ1) is 18.0. The van der Waals surface area contributed by atoms with Crippen LogP contribution in [0.4, 0.5) is 0 Å². The third kappa shape index (κ3) is 23.4. The van der Waals surface area contributed by atoms with Crippen LogP contribution in [0.3, 0.4) is 0 Å². The molecule has 4 nitrogen and oxygen atoms in total. The van der Waals surface area contributed by atoms with Crippen molar-refractivity contribution in [2.75, 3.05) is 13.2 Å². The van der Waals surface area contributed by atoms with E-state index in [0.29, 0.717) is 26.1 Å². The normalized spacial score (nSPS) is 11.6. The van der Waals surface area contributed by atoms with Crippen LogP contribution in [-0.4, -0.2) is 43.5 Å². The molecule has 0 heterocycles. The molecule has 0 rings (SSSR count). The molecule has 0 aromatic carbocycles. The number of carbonyl (C=O) groups is 2. The number of rotatable bonds is 28. The van der Waals surface area contributed by atoms with Crippen LogP contribution in [0.15, 0.2) is 0 Å². The molecule has 0 amide bonds. The van der Waals surface area contributed by atoms with Crippen LogP contribution in [0.25, 0.3) is 0 Å². The van der Waals surface area contributed by atoms with Gasteiger partial charge in [-0.05, 0) is 0 Å². The van der Waals surface area contributed by atoms with Gasteiger partial charge in [-0.3, -0.25) is 0 Å². The third-order valence-corrected chi connectivity index (χ3v) is 23.2. The number of hydrogen-bond donors (Lipinski definition) is 0. The van der Waals surface area contributed by atoms with Crippen LogP contribution < -0.4 is 0 Å². The van der Waals surface area contributed by atoms with E-state index in [9.17, 15) is 9.59 Å². The van der Waals surface area contributed by atoms with E-state index in [1.165, 1.54) is 98.8 Å². The average molecular weight is 632 g/mol. The smallest absolute Gasteiger partial charge is 0.0654 e. The summed E-state index contributed by atoms with van der Waals surface area (Å²) in [5, 5.41) is 0. The van der Waals surface area contributed by atoms with Gasteiger partial charge < -0.3 is 0 Å². The van der Waals surface area contributed by atoms with Gasteiger partial charge in [0.2, 0.25) is 0 Å². The van der Waals surface area contributed by atoms with Gasteiger partial charge in [-0.2, -0.15) is 0 Å². The molecular weight excluding hydrogens is 567 g/mol. The van der Waals surface area contributed by atoms with Gasteiger partial charge in [0.25, 0.3) is 0 Å². The Balaban J connectivity index is 4.42. The van der Waals surface area contributed by atoms with E-state index in [1.54, 1.807) is 0 Å². The zero-order valence-electron chi connectivity index (χ0n) is 25.5. The second kappa shape index (κ2) is 27.3. The first-order valence-corrected chi connectivity index (χ1v) is 24.4. The number of hydrogen-bond acceptors (Lipinski definition) is 4. The van der Waals surface area contributed by atoms with Crippen molar-refractivity contribution in [2.45, 2.75) is 174 Å². The molecule has 0 N–H and O–H groups in total. The quantitative estimate of drug-likeness (QED) is 0.0490. The molecule has 0 atom stereocenters. The van der Waals surface area contributed by atoms with Crippen LogP contribution in [0.5, 0.6) is 0 Å². The van der Waals surface area contributed by atoms with E-state index in [1.807, 2.05) is 0 Å². The molecule has 0 aliphatic carbocycles. The summed E-state index contributed by atoms with van der Waals surface area (Å²) >= 11 is -2.53. The third-order valence-electron chi connectivity index (χ3n) is 7.88. The van der Waals surface area contributed by atoms with Gasteiger partial charge in [0.05, 0.1) is 0 Å². The molecule has 0 saturated heterocycles. The summed E-state index contributed by atoms with van der Waals surface area (Å²) in [6.45, 7) is 10.2. The van der Waals surface area contributed by atoms with Gasteiger partial charge in [-0.25, -0.2) is 0 Å². The first-order valence-electron chi connectivity index (χ1n) is 16.3. The number of unbranched alkanes of at least 4 members (excludes halogenated alkanes) is 14. The Morgan fingerprint density at radius 2 is 0.757 bits per heavy atom. The topological polar surface area (TPSA) is 52.6 Å². The minimum atomic E-state index is -2.53. The number of ether oxygens (including phenoxy) is 2. The molecule has 0 aliphatic rings.